The highest BCUT2D eigenvalue weighted by molar-refractivity contribution is 14.0. The Balaban J connectivity index is 0.00000320. The molecular weight excluding hydrogens is 491 g/mol. The summed E-state index contributed by atoms with van der Waals surface area (Å²) in [5.41, 5.74) is 1.21. The first-order chi connectivity index (χ1) is 14.3. The first-order valence-electron chi connectivity index (χ1n) is 10.5. The van der Waals surface area contributed by atoms with Crippen LogP contribution < -0.4 is 10.2 Å². The molecule has 0 aliphatic carbocycles. The monoisotopic (exact) mass is 524 g/mol. The van der Waals surface area contributed by atoms with Crippen molar-refractivity contribution >= 4 is 35.9 Å². The van der Waals surface area contributed by atoms with Crippen molar-refractivity contribution in [2.75, 3.05) is 50.8 Å². The third-order valence-electron chi connectivity index (χ3n) is 4.95. The van der Waals surface area contributed by atoms with E-state index < -0.39 is 0 Å². The number of guanidine groups is 1. The molecule has 0 radical (unpaired) electrons. The van der Waals surface area contributed by atoms with Gasteiger partial charge in [-0.05, 0) is 31.9 Å². The minimum absolute atomic E-state index is 0. The Labute approximate surface area is 197 Å². The molecule has 0 saturated carbocycles. The smallest absolute Gasteiger partial charge is 0.225 e. The zero-order valence-corrected chi connectivity index (χ0v) is 20.2. The Hall–Kier alpha value is -1.94. The highest BCUT2D eigenvalue weighted by Gasteiger charge is 2.20. The van der Waals surface area contributed by atoms with Gasteiger partial charge in [0.2, 0.25) is 5.95 Å². The first kappa shape index (κ1) is 24.3. The lowest BCUT2D eigenvalue weighted by Crippen LogP contribution is -2.53. The van der Waals surface area contributed by atoms with E-state index in [-0.39, 0.29) is 30.1 Å². The Bertz CT molecular complexity index is 738. The van der Waals surface area contributed by atoms with Crippen LogP contribution in [0.1, 0.15) is 31.9 Å². The van der Waals surface area contributed by atoms with Gasteiger partial charge in [-0.3, -0.25) is 4.99 Å². The van der Waals surface area contributed by atoms with Gasteiger partial charge in [0.15, 0.2) is 5.96 Å². The van der Waals surface area contributed by atoms with Crippen LogP contribution in [0.15, 0.2) is 53.8 Å². The summed E-state index contributed by atoms with van der Waals surface area (Å²) in [7, 11) is 0. The molecule has 0 spiro atoms. The van der Waals surface area contributed by atoms with Crippen molar-refractivity contribution in [3.05, 3.63) is 54.4 Å². The second kappa shape index (κ2) is 13.4. The third kappa shape index (κ3) is 7.39. The standard InChI is InChI=1S/C22H32N6O.HI/c1-3-23-21(26-13-8-18-29-19(2)20-9-5-4-6-10-20)27-14-16-28(17-15-27)22-24-11-7-12-25-22;/h4-7,9-12,19H,3,8,13-18H2,1-2H3,(H,23,26);1H. The summed E-state index contributed by atoms with van der Waals surface area (Å²) in [5, 5.41) is 3.42. The molecule has 8 heteroatoms. The molecule has 7 nitrogen and oxygen atoms in total. The van der Waals surface area contributed by atoms with E-state index in [1.807, 2.05) is 24.3 Å². The topological polar surface area (TPSA) is 65.9 Å². The molecule has 3 rings (SSSR count). The van der Waals surface area contributed by atoms with Crippen LogP contribution in [-0.4, -0.2) is 66.7 Å². The number of halogens is 1. The molecule has 1 aromatic carbocycles. The van der Waals surface area contributed by atoms with Gasteiger partial charge < -0.3 is 19.9 Å². The number of piperazine rings is 1. The molecule has 1 N–H and O–H groups in total. The van der Waals surface area contributed by atoms with E-state index in [1.54, 1.807) is 12.4 Å². The Morgan fingerprint density at radius 3 is 2.47 bits per heavy atom. The summed E-state index contributed by atoms with van der Waals surface area (Å²) in [6.45, 7) is 10.1. The molecule has 1 atom stereocenters. The zero-order valence-electron chi connectivity index (χ0n) is 17.9. The van der Waals surface area contributed by atoms with Crippen molar-refractivity contribution in [2.45, 2.75) is 26.4 Å². The van der Waals surface area contributed by atoms with Crippen LogP contribution in [0.3, 0.4) is 0 Å². The number of ether oxygens (including phenoxy) is 1. The number of rotatable bonds is 8. The van der Waals surface area contributed by atoms with Gasteiger partial charge in [-0.15, -0.1) is 24.0 Å². The van der Waals surface area contributed by atoms with E-state index in [0.29, 0.717) is 6.61 Å². The molecule has 1 saturated heterocycles. The first-order valence-corrected chi connectivity index (χ1v) is 10.5. The van der Waals surface area contributed by atoms with Crippen molar-refractivity contribution in [3.8, 4) is 0 Å². The van der Waals surface area contributed by atoms with Gasteiger partial charge in [-0.1, -0.05) is 30.3 Å². The Morgan fingerprint density at radius 1 is 1.10 bits per heavy atom. The minimum atomic E-state index is 0. The maximum atomic E-state index is 5.95. The molecular formula is C22H33IN6O. The summed E-state index contributed by atoms with van der Waals surface area (Å²) < 4.78 is 5.95. The Kier molecular flexibility index (Phi) is 10.9. The van der Waals surface area contributed by atoms with Crippen LogP contribution >= 0.6 is 24.0 Å². The SMILES string of the molecule is CCNC(=NCCCOC(C)c1ccccc1)N1CCN(c2ncccn2)CC1.I. The van der Waals surface area contributed by atoms with Crippen molar-refractivity contribution < 1.29 is 4.74 Å². The number of aromatic nitrogens is 2. The van der Waals surface area contributed by atoms with E-state index in [9.17, 15) is 0 Å². The van der Waals surface area contributed by atoms with E-state index in [1.165, 1.54) is 5.56 Å². The van der Waals surface area contributed by atoms with Gasteiger partial charge in [0, 0.05) is 58.3 Å². The third-order valence-corrected chi connectivity index (χ3v) is 4.95. The van der Waals surface area contributed by atoms with Crippen LogP contribution in [0.5, 0.6) is 0 Å². The molecule has 2 aromatic rings. The average molecular weight is 524 g/mol. The number of hydrogen-bond acceptors (Lipinski definition) is 5. The highest BCUT2D eigenvalue weighted by atomic mass is 127. The maximum absolute atomic E-state index is 5.95. The lowest BCUT2D eigenvalue weighted by molar-refractivity contribution is 0.0651. The zero-order chi connectivity index (χ0) is 20.3. The quantitative estimate of drug-likeness (QED) is 0.247. The molecule has 1 unspecified atom stereocenters. The number of benzene rings is 1. The summed E-state index contributed by atoms with van der Waals surface area (Å²) in [6.07, 6.45) is 4.60. The van der Waals surface area contributed by atoms with E-state index in [0.717, 1.165) is 57.6 Å². The number of hydrogen-bond donors (Lipinski definition) is 1. The Morgan fingerprint density at radius 2 is 1.80 bits per heavy atom. The fraction of sp³-hybridized carbons (Fsp3) is 0.500. The van der Waals surface area contributed by atoms with Crippen molar-refractivity contribution in [1.82, 2.24) is 20.2 Å². The molecule has 1 aromatic heterocycles. The van der Waals surface area contributed by atoms with Crippen LogP contribution in [0.2, 0.25) is 0 Å². The van der Waals surface area contributed by atoms with Gasteiger partial charge in [0.1, 0.15) is 0 Å². The molecule has 30 heavy (non-hydrogen) atoms. The minimum Gasteiger partial charge on any atom is -0.374 e. The molecule has 164 valence electrons. The van der Waals surface area contributed by atoms with Gasteiger partial charge in [0.25, 0.3) is 0 Å². The molecule has 0 amide bonds. The molecule has 1 aliphatic heterocycles. The fourth-order valence-corrected chi connectivity index (χ4v) is 3.33. The molecule has 1 fully saturated rings. The molecule has 0 bridgehead atoms. The highest BCUT2D eigenvalue weighted by Crippen LogP contribution is 2.16. The predicted octanol–water partition coefficient (Wildman–Crippen LogP) is 3.35. The number of nitrogens with zero attached hydrogens (tertiary/aromatic N) is 5. The molecule has 1 aliphatic rings. The predicted molar refractivity (Wildman–Crippen MR) is 133 cm³/mol. The van der Waals surface area contributed by atoms with E-state index in [4.69, 9.17) is 9.73 Å². The van der Waals surface area contributed by atoms with Crippen molar-refractivity contribution in [3.63, 3.8) is 0 Å². The summed E-state index contributed by atoms with van der Waals surface area (Å²) >= 11 is 0. The number of nitrogens with one attached hydrogen (secondary N) is 1. The van der Waals surface area contributed by atoms with Gasteiger partial charge >= 0.3 is 0 Å². The lowest BCUT2D eigenvalue weighted by Gasteiger charge is -2.36. The summed E-state index contributed by atoms with van der Waals surface area (Å²) in [5.74, 6) is 1.79. The van der Waals surface area contributed by atoms with Crippen LogP contribution in [0, 0.1) is 0 Å². The number of anilines is 1. The fourth-order valence-electron chi connectivity index (χ4n) is 3.33. The second-order valence-electron chi connectivity index (χ2n) is 7.04. The van der Waals surface area contributed by atoms with Gasteiger partial charge in [-0.2, -0.15) is 0 Å². The largest absolute Gasteiger partial charge is 0.374 e. The van der Waals surface area contributed by atoms with Crippen LogP contribution in [0.25, 0.3) is 0 Å². The van der Waals surface area contributed by atoms with Crippen LogP contribution in [0.4, 0.5) is 5.95 Å². The number of aliphatic imine (C=N–C) groups is 1. The van der Waals surface area contributed by atoms with Crippen molar-refractivity contribution in [1.29, 1.82) is 0 Å². The summed E-state index contributed by atoms with van der Waals surface area (Å²) in [4.78, 5) is 18.0. The van der Waals surface area contributed by atoms with Gasteiger partial charge in [0.05, 0.1) is 6.10 Å². The lowest BCUT2D eigenvalue weighted by atomic mass is 10.1. The van der Waals surface area contributed by atoms with E-state index in [2.05, 4.69) is 51.1 Å². The van der Waals surface area contributed by atoms with Gasteiger partial charge in [-0.25, -0.2) is 9.97 Å². The average Bonchev–Trinajstić information content (AvgIpc) is 2.79. The van der Waals surface area contributed by atoms with Crippen LogP contribution in [-0.2, 0) is 4.74 Å². The normalized spacial score (nSPS) is 15.5. The van der Waals surface area contributed by atoms with E-state index >= 15 is 0 Å². The second-order valence-corrected chi connectivity index (χ2v) is 7.04. The maximum Gasteiger partial charge on any atom is 0.225 e. The summed E-state index contributed by atoms with van der Waals surface area (Å²) in [6, 6.07) is 12.2. The molecule has 2 heterocycles. The van der Waals surface area contributed by atoms with Crippen molar-refractivity contribution in [2.24, 2.45) is 4.99 Å².